The Labute approximate surface area is 194 Å². The average Bonchev–Trinajstić information content (AvgIpc) is 3.29. The first-order chi connectivity index (χ1) is 16.6. The first kappa shape index (κ1) is 21.5. The summed E-state index contributed by atoms with van der Waals surface area (Å²) in [6.45, 7) is 2.09. The largest absolute Gasteiger partial charge is 0.421 e. The van der Waals surface area contributed by atoms with Crippen LogP contribution in [-0.2, 0) is 6.42 Å². The molecule has 0 radical (unpaired) electrons. The van der Waals surface area contributed by atoms with Crippen LogP contribution in [-0.4, -0.2) is 49.3 Å². The topological polar surface area (TPSA) is 151 Å². The molecule has 34 heavy (non-hydrogen) atoms. The monoisotopic (exact) mass is 458 g/mol. The van der Waals surface area contributed by atoms with Crippen molar-refractivity contribution in [2.24, 2.45) is 0 Å². The number of hydrogen-bond acceptors (Lipinski definition) is 10. The lowest BCUT2D eigenvalue weighted by Gasteiger charge is -2.19. The summed E-state index contributed by atoms with van der Waals surface area (Å²) in [5.41, 5.74) is 3.52. The number of fused-ring (bicyclic) bond motifs is 1. The Morgan fingerprint density at radius 2 is 2.09 bits per heavy atom. The zero-order valence-electron chi connectivity index (χ0n) is 18.3. The molecule has 5 rings (SSSR count). The number of nitrogens with one attached hydrogen (secondary N) is 3. The fourth-order valence-corrected chi connectivity index (χ4v) is 3.71. The molecule has 1 aliphatic heterocycles. The van der Waals surface area contributed by atoms with Gasteiger partial charge in [-0.25, -0.2) is 4.98 Å². The number of nitrogens with zero attached hydrogens (tertiary/aromatic N) is 5. The summed E-state index contributed by atoms with van der Waals surface area (Å²) in [7, 11) is 0. The lowest BCUT2D eigenvalue weighted by molar-refractivity contribution is 0.0946. The summed E-state index contributed by atoms with van der Waals surface area (Å²) in [6, 6.07) is 10.5. The van der Waals surface area contributed by atoms with E-state index in [1.807, 2.05) is 18.2 Å². The van der Waals surface area contributed by atoms with E-state index in [-0.39, 0.29) is 18.4 Å². The van der Waals surface area contributed by atoms with Gasteiger partial charge in [0.2, 0.25) is 11.8 Å². The fraction of sp³-hybridized carbons (Fsp3) is 0.217. The first-order valence-electron chi connectivity index (χ1n) is 10.7. The Hall–Kier alpha value is -4.38. The van der Waals surface area contributed by atoms with Crippen molar-refractivity contribution >= 4 is 23.4 Å². The van der Waals surface area contributed by atoms with Gasteiger partial charge < -0.3 is 25.5 Å². The summed E-state index contributed by atoms with van der Waals surface area (Å²) in [4.78, 5) is 25.4. The maximum Gasteiger partial charge on any atom is 0.253 e. The number of benzene rings is 1. The van der Waals surface area contributed by atoms with Crippen molar-refractivity contribution in [3.8, 4) is 11.5 Å². The number of hydrogen-bond donors (Lipinski definition) is 4. The van der Waals surface area contributed by atoms with Crippen LogP contribution in [0, 0.1) is 6.92 Å². The molecule has 3 aromatic heterocycles. The van der Waals surface area contributed by atoms with E-state index in [9.17, 15) is 9.90 Å². The van der Waals surface area contributed by atoms with Gasteiger partial charge in [-0.1, -0.05) is 6.07 Å². The predicted octanol–water partition coefficient (Wildman–Crippen LogP) is 2.41. The second-order valence-electron chi connectivity index (χ2n) is 7.72. The Balaban J connectivity index is 1.48. The Kier molecular flexibility index (Phi) is 5.83. The van der Waals surface area contributed by atoms with Crippen LogP contribution in [0.2, 0.25) is 0 Å². The Bertz CT molecular complexity index is 1330. The number of anilines is 3. The molecule has 0 saturated heterocycles. The number of rotatable bonds is 7. The van der Waals surface area contributed by atoms with Gasteiger partial charge in [-0.05, 0) is 42.3 Å². The maximum absolute atomic E-state index is 12.0. The van der Waals surface area contributed by atoms with E-state index >= 15 is 0 Å². The standard InChI is InChI=1S/C23H22N8O3/c1-13-30-31-22(34-13)17-11-26-23(27-15-5-6-16-14(10-15)7-9-25-21(16)33)29-20(17)28-19(12-32)18-4-2-3-8-24-18/h2-6,8,10-11,19,32H,7,9,12H2,1H3,(H,25,33)(H2,26,27,28,29)/t19-/m1/s1. The molecule has 4 N–H and O–H groups in total. The summed E-state index contributed by atoms with van der Waals surface area (Å²) >= 11 is 0. The second-order valence-corrected chi connectivity index (χ2v) is 7.72. The molecule has 0 unspecified atom stereocenters. The number of aromatic nitrogens is 5. The number of aryl methyl sites for hydroxylation is 1. The van der Waals surface area contributed by atoms with Crippen LogP contribution in [0.5, 0.6) is 0 Å². The molecule has 4 aromatic rings. The summed E-state index contributed by atoms with van der Waals surface area (Å²) in [5.74, 6) is 1.30. The summed E-state index contributed by atoms with van der Waals surface area (Å²) in [5, 5.41) is 27.2. The highest BCUT2D eigenvalue weighted by molar-refractivity contribution is 5.97. The molecule has 0 fully saturated rings. The molecule has 1 amide bonds. The third-order valence-electron chi connectivity index (χ3n) is 5.37. The van der Waals surface area contributed by atoms with Gasteiger partial charge in [0.15, 0.2) is 0 Å². The average molecular weight is 458 g/mol. The highest BCUT2D eigenvalue weighted by atomic mass is 16.4. The Morgan fingerprint density at radius 3 is 2.85 bits per heavy atom. The summed E-state index contributed by atoms with van der Waals surface area (Å²) in [6.07, 6.45) is 3.98. The number of amides is 1. The second kappa shape index (κ2) is 9.24. The molecular weight excluding hydrogens is 436 g/mol. The van der Waals surface area contributed by atoms with E-state index in [0.717, 1.165) is 17.7 Å². The molecule has 11 nitrogen and oxygen atoms in total. The molecule has 1 aliphatic rings. The minimum atomic E-state index is -0.519. The van der Waals surface area contributed by atoms with Crippen molar-refractivity contribution in [3.63, 3.8) is 0 Å². The molecule has 172 valence electrons. The number of carbonyl (C=O) groups is 1. The van der Waals surface area contributed by atoms with Gasteiger partial charge in [-0.2, -0.15) is 4.98 Å². The highest BCUT2D eigenvalue weighted by Gasteiger charge is 2.20. The number of pyridine rings is 1. The predicted molar refractivity (Wildman–Crippen MR) is 124 cm³/mol. The zero-order valence-corrected chi connectivity index (χ0v) is 18.3. The molecule has 1 aromatic carbocycles. The van der Waals surface area contributed by atoms with Gasteiger partial charge in [-0.15, -0.1) is 10.2 Å². The lowest BCUT2D eigenvalue weighted by atomic mass is 10.00. The van der Waals surface area contributed by atoms with Gasteiger partial charge >= 0.3 is 0 Å². The van der Waals surface area contributed by atoms with Crippen LogP contribution >= 0.6 is 0 Å². The van der Waals surface area contributed by atoms with Crippen molar-refractivity contribution in [2.45, 2.75) is 19.4 Å². The minimum Gasteiger partial charge on any atom is -0.421 e. The van der Waals surface area contributed by atoms with Gasteiger partial charge in [-0.3, -0.25) is 9.78 Å². The lowest BCUT2D eigenvalue weighted by Crippen LogP contribution is -2.31. The third kappa shape index (κ3) is 4.41. The van der Waals surface area contributed by atoms with Gasteiger partial charge in [0.05, 0.1) is 23.9 Å². The van der Waals surface area contributed by atoms with E-state index in [4.69, 9.17) is 4.42 Å². The number of aliphatic hydroxyl groups excluding tert-OH is 1. The van der Waals surface area contributed by atoms with Crippen LogP contribution in [0.1, 0.15) is 33.5 Å². The molecule has 1 atom stereocenters. The first-order valence-corrected chi connectivity index (χ1v) is 10.7. The Morgan fingerprint density at radius 1 is 1.18 bits per heavy atom. The molecule has 0 saturated carbocycles. The van der Waals surface area contributed by atoms with Gasteiger partial charge in [0.1, 0.15) is 5.82 Å². The van der Waals surface area contributed by atoms with Gasteiger partial charge in [0, 0.05) is 37.1 Å². The van der Waals surface area contributed by atoms with E-state index in [1.54, 1.807) is 37.5 Å². The van der Waals surface area contributed by atoms with Crippen molar-refractivity contribution in [2.75, 3.05) is 23.8 Å². The molecule has 11 heteroatoms. The van der Waals surface area contributed by atoms with Crippen molar-refractivity contribution < 1.29 is 14.3 Å². The smallest absolute Gasteiger partial charge is 0.253 e. The third-order valence-corrected chi connectivity index (χ3v) is 5.37. The summed E-state index contributed by atoms with van der Waals surface area (Å²) < 4.78 is 5.58. The fourth-order valence-electron chi connectivity index (χ4n) is 3.71. The normalized spacial score (nSPS) is 13.6. The van der Waals surface area contributed by atoms with Crippen LogP contribution < -0.4 is 16.0 Å². The number of aliphatic hydroxyl groups is 1. The van der Waals surface area contributed by atoms with Crippen LogP contribution in [0.15, 0.2) is 53.2 Å². The molecular formula is C23H22N8O3. The highest BCUT2D eigenvalue weighted by Crippen LogP contribution is 2.29. The SMILES string of the molecule is Cc1nnc(-c2cnc(Nc3ccc4c(c3)CCNC4=O)nc2N[C@H](CO)c2ccccn2)o1. The van der Waals surface area contributed by atoms with E-state index in [2.05, 4.69) is 41.1 Å². The van der Waals surface area contributed by atoms with Crippen LogP contribution in [0.4, 0.5) is 17.5 Å². The maximum atomic E-state index is 12.0. The number of carbonyl (C=O) groups excluding carboxylic acids is 1. The quantitative estimate of drug-likeness (QED) is 0.325. The van der Waals surface area contributed by atoms with Crippen molar-refractivity contribution in [1.82, 2.24) is 30.5 Å². The van der Waals surface area contributed by atoms with Crippen LogP contribution in [0.3, 0.4) is 0 Å². The van der Waals surface area contributed by atoms with Crippen molar-refractivity contribution in [1.29, 1.82) is 0 Å². The van der Waals surface area contributed by atoms with E-state index in [1.165, 1.54) is 0 Å². The molecule has 4 heterocycles. The molecule has 0 spiro atoms. The van der Waals surface area contributed by atoms with Gasteiger partial charge in [0.25, 0.3) is 11.8 Å². The minimum absolute atomic E-state index is 0.0701. The van der Waals surface area contributed by atoms with Crippen molar-refractivity contribution in [3.05, 3.63) is 71.5 Å². The van der Waals surface area contributed by atoms with Crippen LogP contribution in [0.25, 0.3) is 11.5 Å². The van der Waals surface area contributed by atoms with E-state index in [0.29, 0.717) is 41.0 Å². The molecule has 0 aliphatic carbocycles. The zero-order chi connectivity index (χ0) is 23.5. The molecule has 0 bridgehead atoms. The van der Waals surface area contributed by atoms with E-state index < -0.39 is 6.04 Å².